The summed E-state index contributed by atoms with van der Waals surface area (Å²) in [5.41, 5.74) is -0.633. The van der Waals surface area contributed by atoms with Crippen molar-refractivity contribution >= 4 is 11.0 Å². The SMILES string of the molecule is COc1c(O)cc(-c2cc(=O)c3c(O)cc(O)cc3o2)cc1O[C@@H]1O[C@H](CO)[C@@H](O)[C@H](O)[C@H]1O. The predicted molar refractivity (Wildman–Crippen MR) is 114 cm³/mol. The molecule has 0 bridgehead atoms. The van der Waals surface area contributed by atoms with Crippen molar-refractivity contribution in [1.82, 2.24) is 0 Å². The fourth-order valence-electron chi connectivity index (χ4n) is 3.71. The van der Waals surface area contributed by atoms with Gasteiger partial charge >= 0.3 is 0 Å². The van der Waals surface area contributed by atoms with Gasteiger partial charge in [-0.15, -0.1) is 0 Å². The summed E-state index contributed by atoms with van der Waals surface area (Å²) in [4.78, 5) is 12.5. The minimum Gasteiger partial charge on any atom is -0.508 e. The molecule has 0 radical (unpaired) electrons. The van der Waals surface area contributed by atoms with Crippen LogP contribution in [0.15, 0.2) is 39.5 Å². The maximum atomic E-state index is 12.5. The van der Waals surface area contributed by atoms with Gasteiger partial charge in [0, 0.05) is 23.8 Å². The second-order valence-corrected chi connectivity index (χ2v) is 7.65. The number of aliphatic hydroxyl groups excluding tert-OH is 4. The second-order valence-electron chi connectivity index (χ2n) is 7.65. The normalized spacial score (nSPS) is 24.8. The summed E-state index contributed by atoms with van der Waals surface area (Å²) in [5.74, 6) is -1.70. The highest BCUT2D eigenvalue weighted by atomic mass is 16.7. The fraction of sp³-hybridized carbons (Fsp3) is 0.318. The van der Waals surface area contributed by atoms with Crippen molar-refractivity contribution in [3.63, 3.8) is 0 Å². The van der Waals surface area contributed by atoms with Crippen LogP contribution >= 0.6 is 0 Å². The van der Waals surface area contributed by atoms with E-state index in [1.54, 1.807) is 0 Å². The number of methoxy groups -OCH3 is 1. The molecule has 12 heteroatoms. The fourth-order valence-corrected chi connectivity index (χ4v) is 3.71. The first-order valence-electron chi connectivity index (χ1n) is 10.0. The maximum absolute atomic E-state index is 12.5. The number of phenolic OH excluding ortho intramolecular Hbond substituents is 3. The minimum atomic E-state index is -1.72. The van der Waals surface area contributed by atoms with Gasteiger partial charge in [0.1, 0.15) is 52.6 Å². The lowest BCUT2D eigenvalue weighted by Crippen LogP contribution is -2.60. The first kappa shape index (κ1) is 23.6. The van der Waals surface area contributed by atoms with Gasteiger partial charge in [0.15, 0.2) is 16.9 Å². The highest BCUT2D eigenvalue weighted by molar-refractivity contribution is 5.86. The van der Waals surface area contributed by atoms with Gasteiger partial charge in [0.2, 0.25) is 12.0 Å². The third-order valence-electron chi connectivity index (χ3n) is 5.41. The van der Waals surface area contributed by atoms with Crippen molar-refractivity contribution in [1.29, 1.82) is 0 Å². The van der Waals surface area contributed by atoms with Gasteiger partial charge in [0.25, 0.3) is 0 Å². The van der Waals surface area contributed by atoms with Crippen LogP contribution in [0.1, 0.15) is 0 Å². The van der Waals surface area contributed by atoms with E-state index in [9.17, 15) is 40.5 Å². The summed E-state index contributed by atoms with van der Waals surface area (Å²) in [7, 11) is 1.23. The first-order valence-corrected chi connectivity index (χ1v) is 10.0. The molecule has 0 spiro atoms. The molecule has 0 unspecified atom stereocenters. The van der Waals surface area contributed by atoms with E-state index in [-0.39, 0.29) is 39.5 Å². The topological polar surface area (TPSA) is 200 Å². The van der Waals surface area contributed by atoms with E-state index < -0.39 is 54.2 Å². The van der Waals surface area contributed by atoms with Crippen LogP contribution in [0.5, 0.6) is 28.7 Å². The van der Waals surface area contributed by atoms with Crippen molar-refractivity contribution in [2.45, 2.75) is 30.7 Å². The molecule has 1 fully saturated rings. The molecule has 34 heavy (non-hydrogen) atoms. The zero-order valence-electron chi connectivity index (χ0n) is 17.7. The summed E-state index contributed by atoms with van der Waals surface area (Å²) >= 11 is 0. The summed E-state index contributed by atoms with van der Waals surface area (Å²) in [6, 6.07) is 5.66. The Labute approximate surface area is 191 Å². The molecule has 0 amide bonds. The Morgan fingerprint density at radius 2 is 1.68 bits per heavy atom. The number of rotatable bonds is 5. The monoisotopic (exact) mass is 478 g/mol. The number of phenols is 3. The van der Waals surface area contributed by atoms with Crippen LogP contribution in [0.3, 0.4) is 0 Å². The van der Waals surface area contributed by atoms with Gasteiger partial charge in [-0.2, -0.15) is 0 Å². The molecule has 4 rings (SSSR count). The lowest BCUT2D eigenvalue weighted by Gasteiger charge is -2.39. The van der Waals surface area contributed by atoms with E-state index in [1.165, 1.54) is 19.2 Å². The Balaban J connectivity index is 1.78. The first-order chi connectivity index (χ1) is 16.1. The third-order valence-corrected chi connectivity index (χ3v) is 5.41. The lowest BCUT2D eigenvalue weighted by molar-refractivity contribution is -0.277. The van der Waals surface area contributed by atoms with Gasteiger partial charge < -0.3 is 54.4 Å². The number of aromatic hydroxyl groups is 3. The Bertz CT molecular complexity index is 1270. The van der Waals surface area contributed by atoms with Crippen molar-refractivity contribution in [3.05, 3.63) is 40.6 Å². The summed E-state index contributed by atoms with van der Waals surface area (Å²) in [6.07, 6.45) is -7.82. The zero-order valence-corrected chi connectivity index (χ0v) is 17.7. The Hall–Kier alpha value is -3.55. The molecule has 2 aromatic carbocycles. The summed E-state index contributed by atoms with van der Waals surface area (Å²) in [5, 5.41) is 69.5. The largest absolute Gasteiger partial charge is 0.508 e. The summed E-state index contributed by atoms with van der Waals surface area (Å²) < 4.78 is 21.7. The van der Waals surface area contributed by atoms with Crippen molar-refractivity contribution in [2.75, 3.05) is 13.7 Å². The Morgan fingerprint density at radius 3 is 2.35 bits per heavy atom. The van der Waals surface area contributed by atoms with E-state index in [4.69, 9.17) is 18.6 Å². The molecular formula is C22H22O12. The molecule has 3 aromatic rings. The molecule has 7 N–H and O–H groups in total. The zero-order chi connectivity index (χ0) is 24.7. The van der Waals surface area contributed by atoms with Crippen LogP contribution in [0.25, 0.3) is 22.3 Å². The van der Waals surface area contributed by atoms with Crippen molar-refractivity contribution in [2.24, 2.45) is 0 Å². The van der Waals surface area contributed by atoms with Crippen LogP contribution in [-0.4, -0.2) is 80.2 Å². The molecule has 5 atom stereocenters. The van der Waals surface area contributed by atoms with Gasteiger partial charge in [0.05, 0.1) is 13.7 Å². The average molecular weight is 478 g/mol. The van der Waals surface area contributed by atoms with Crippen LogP contribution in [0.4, 0.5) is 0 Å². The number of hydrogen-bond acceptors (Lipinski definition) is 12. The van der Waals surface area contributed by atoms with Crippen LogP contribution in [0.2, 0.25) is 0 Å². The lowest BCUT2D eigenvalue weighted by atomic mass is 9.99. The van der Waals surface area contributed by atoms with E-state index in [1.807, 2.05) is 0 Å². The van der Waals surface area contributed by atoms with Gasteiger partial charge in [-0.3, -0.25) is 4.79 Å². The van der Waals surface area contributed by atoms with Crippen LogP contribution in [0, 0.1) is 0 Å². The molecule has 1 aliphatic heterocycles. The third kappa shape index (κ3) is 4.08. The van der Waals surface area contributed by atoms with E-state index in [0.29, 0.717) is 0 Å². The number of aliphatic hydroxyl groups is 4. The predicted octanol–water partition coefficient (Wildman–Crippen LogP) is -0.236. The van der Waals surface area contributed by atoms with Gasteiger partial charge in [-0.1, -0.05) is 0 Å². The molecule has 1 aliphatic rings. The highest BCUT2D eigenvalue weighted by Crippen LogP contribution is 2.42. The standard InChI is InChI=1S/C22H22O12/c1-31-21-12(27)2-8(13-6-11(26)17-10(25)4-9(24)5-14(17)32-13)3-15(21)33-22-20(30)19(29)18(28)16(7-23)34-22/h2-6,16,18-20,22-25,27-30H,7H2,1H3/t16-,18-,19+,20-,22-/m1/s1. The van der Waals surface area contributed by atoms with Gasteiger partial charge in [-0.05, 0) is 12.1 Å². The molecule has 2 heterocycles. The average Bonchev–Trinajstić information content (AvgIpc) is 2.78. The molecule has 182 valence electrons. The molecule has 0 aliphatic carbocycles. The van der Waals surface area contributed by atoms with Crippen LogP contribution < -0.4 is 14.9 Å². The van der Waals surface area contributed by atoms with Crippen molar-refractivity contribution < 1.29 is 54.4 Å². The molecule has 12 nitrogen and oxygen atoms in total. The van der Waals surface area contributed by atoms with Crippen LogP contribution in [-0.2, 0) is 4.74 Å². The minimum absolute atomic E-state index is 0.0703. The van der Waals surface area contributed by atoms with E-state index in [2.05, 4.69) is 0 Å². The molecular weight excluding hydrogens is 456 g/mol. The smallest absolute Gasteiger partial charge is 0.229 e. The Morgan fingerprint density at radius 1 is 0.941 bits per heavy atom. The molecule has 1 saturated heterocycles. The van der Waals surface area contributed by atoms with Gasteiger partial charge in [-0.25, -0.2) is 0 Å². The van der Waals surface area contributed by atoms with Crippen molar-refractivity contribution in [3.8, 4) is 40.1 Å². The number of benzene rings is 2. The quantitative estimate of drug-likeness (QED) is 0.254. The Kier molecular flexibility index (Phi) is 6.25. The number of fused-ring (bicyclic) bond motifs is 1. The second kappa shape index (κ2) is 9.00. The summed E-state index contributed by atoms with van der Waals surface area (Å²) in [6.45, 7) is -0.671. The van der Waals surface area contributed by atoms with E-state index >= 15 is 0 Å². The molecule has 0 saturated carbocycles. The number of ether oxygens (including phenoxy) is 3. The maximum Gasteiger partial charge on any atom is 0.229 e. The number of hydrogen-bond donors (Lipinski definition) is 7. The molecule has 1 aromatic heterocycles. The highest BCUT2D eigenvalue weighted by Gasteiger charge is 2.45. The van der Waals surface area contributed by atoms with E-state index in [0.717, 1.165) is 18.2 Å².